The summed E-state index contributed by atoms with van der Waals surface area (Å²) < 4.78 is 5.14. The molecule has 0 saturated heterocycles. The highest BCUT2D eigenvalue weighted by atomic mass is 16.4. The molecule has 0 saturated carbocycles. The fourth-order valence-electron chi connectivity index (χ4n) is 0.973. The number of aryl methyl sites for hydroxylation is 2. The molecule has 0 aliphatic heterocycles. The Balaban J connectivity index is 2.47. The monoisotopic (exact) mass is 168 g/mol. The average molecular weight is 168 g/mol. The lowest BCUT2D eigenvalue weighted by molar-refractivity contribution is -0.137. The standard InChI is InChI=1S/C9H12O3/c1-2-7-5-8(12-6-7)3-4-9(10)11/h5-6H,2-4H2,1H3,(H,10,11). The van der Waals surface area contributed by atoms with Gasteiger partial charge in [-0.1, -0.05) is 6.92 Å². The van der Waals surface area contributed by atoms with Crippen molar-refractivity contribution in [3.63, 3.8) is 0 Å². The zero-order valence-electron chi connectivity index (χ0n) is 7.04. The van der Waals surface area contributed by atoms with Crippen LogP contribution in [0, 0.1) is 0 Å². The maximum atomic E-state index is 10.2. The SMILES string of the molecule is CCc1coc(CCC(=O)O)c1. The molecule has 3 heteroatoms. The van der Waals surface area contributed by atoms with Crippen molar-refractivity contribution in [2.45, 2.75) is 26.2 Å². The number of hydrogen-bond acceptors (Lipinski definition) is 2. The van der Waals surface area contributed by atoms with Crippen LogP contribution >= 0.6 is 0 Å². The molecule has 0 spiro atoms. The van der Waals surface area contributed by atoms with Crippen molar-refractivity contribution in [2.24, 2.45) is 0 Å². The Morgan fingerprint density at radius 3 is 2.92 bits per heavy atom. The highest BCUT2D eigenvalue weighted by molar-refractivity contribution is 5.66. The van der Waals surface area contributed by atoms with E-state index in [4.69, 9.17) is 9.52 Å². The van der Waals surface area contributed by atoms with E-state index in [0.717, 1.165) is 17.7 Å². The van der Waals surface area contributed by atoms with Crippen LogP contribution in [-0.4, -0.2) is 11.1 Å². The van der Waals surface area contributed by atoms with Gasteiger partial charge < -0.3 is 9.52 Å². The Hall–Kier alpha value is -1.25. The first-order valence-electron chi connectivity index (χ1n) is 4.00. The molecular formula is C9H12O3. The highest BCUT2D eigenvalue weighted by Crippen LogP contribution is 2.10. The topological polar surface area (TPSA) is 50.4 Å². The minimum Gasteiger partial charge on any atom is -0.481 e. The minimum atomic E-state index is -0.788. The van der Waals surface area contributed by atoms with E-state index in [1.54, 1.807) is 6.26 Å². The van der Waals surface area contributed by atoms with Gasteiger partial charge in [0.05, 0.1) is 12.7 Å². The third kappa shape index (κ3) is 2.42. The summed E-state index contributed by atoms with van der Waals surface area (Å²) in [5.74, 6) is -0.0290. The Labute approximate surface area is 71.0 Å². The van der Waals surface area contributed by atoms with Gasteiger partial charge in [-0.25, -0.2) is 0 Å². The van der Waals surface area contributed by atoms with Gasteiger partial charge in [0.1, 0.15) is 5.76 Å². The van der Waals surface area contributed by atoms with Crippen LogP contribution in [0.3, 0.4) is 0 Å². The zero-order chi connectivity index (χ0) is 8.97. The van der Waals surface area contributed by atoms with Gasteiger partial charge in [-0.2, -0.15) is 0 Å². The molecule has 3 nitrogen and oxygen atoms in total. The zero-order valence-corrected chi connectivity index (χ0v) is 7.04. The molecule has 0 fully saturated rings. The van der Waals surface area contributed by atoms with Gasteiger partial charge >= 0.3 is 5.97 Å². The van der Waals surface area contributed by atoms with Crippen molar-refractivity contribution >= 4 is 5.97 Å². The molecule has 0 radical (unpaired) electrons. The van der Waals surface area contributed by atoms with Crippen molar-refractivity contribution in [3.05, 3.63) is 23.7 Å². The van der Waals surface area contributed by atoms with Gasteiger partial charge in [-0.15, -0.1) is 0 Å². The van der Waals surface area contributed by atoms with E-state index in [1.807, 2.05) is 13.0 Å². The van der Waals surface area contributed by atoms with Crippen LogP contribution in [0.15, 0.2) is 16.7 Å². The van der Waals surface area contributed by atoms with E-state index in [-0.39, 0.29) is 6.42 Å². The second-order valence-electron chi connectivity index (χ2n) is 2.67. The molecule has 0 aliphatic carbocycles. The number of hydrogen-bond donors (Lipinski definition) is 1. The lowest BCUT2D eigenvalue weighted by atomic mass is 10.2. The van der Waals surface area contributed by atoms with E-state index in [0.29, 0.717) is 6.42 Å². The molecule has 0 unspecified atom stereocenters. The average Bonchev–Trinajstić information content (AvgIpc) is 2.48. The molecule has 1 heterocycles. The van der Waals surface area contributed by atoms with E-state index < -0.39 is 5.97 Å². The first-order valence-corrected chi connectivity index (χ1v) is 4.00. The Kier molecular flexibility index (Phi) is 2.91. The summed E-state index contributed by atoms with van der Waals surface area (Å²) in [6, 6.07) is 1.91. The van der Waals surface area contributed by atoms with Crippen LogP contribution in [0.5, 0.6) is 0 Å². The maximum absolute atomic E-state index is 10.2. The van der Waals surface area contributed by atoms with Crippen LogP contribution < -0.4 is 0 Å². The van der Waals surface area contributed by atoms with Crippen molar-refractivity contribution in [3.8, 4) is 0 Å². The van der Waals surface area contributed by atoms with Crippen LogP contribution in [-0.2, 0) is 17.6 Å². The van der Waals surface area contributed by atoms with Crippen LogP contribution in [0.4, 0.5) is 0 Å². The van der Waals surface area contributed by atoms with E-state index in [9.17, 15) is 4.79 Å². The first-order chi connectivity index (χ1) is 5.72. The van der Waals surface area contributed by atoms with Crippen molar-refractivity contribution in [1.29, 1.82) is 0 Å². The van der Waals surface area contributed by atoms with E-state index in [2.05, 4.69) is 0 Å². The first kappa shape index (κ1) is 8.84. The number of rotatable bonds is 4. The molecule has 1 aromatic rings. The number of carboxylic acid groups (broad SMARTS) is 1. The quantitative estimate of drug-likeness (QED) is 0.746. The Morgan fingerprint density at radius 2 is 2.42 bits per heavy atom. The Bertz CT molecular complexity index is 262. The van der Waals surface area contributed by atoms with Crippen LogP contribution in [0.2, 0.25) is 0 Å². The van der Waals surface area contributed by atoms with Crippen molar-refractivity contribution in [1.82, 2.24) is 0 Å². The largest absolute Gasteiger partial charge is 0.481 e. The van der Waals surface area contributed by atoms with Gasteiger partial charge in [0, 0.05) is 6.42 Å². The molecule has 1 aromatic heterocycles. The molecule has 1 rings (SSSR count). The van der Waals surface area contributed by atoms with Gasteiger partial charge in [0.15, 0.2) is 0 Å². The third-order valence-electron chi connectivity index (χ3n) is 1.70. The van der Waals surface area contributed by atoms with Crippen LogP contribution in [0.1, 0.15) is 24.7 Å². The van der Waals surface area contributed by atoms with Gasteiger partial charge in [-0.3, -0.25) is 4.79 Å². The van der Waals surface area contributed by atoms with Crippen molar-refractivity contribution < 1.29 is 14.3 Å². The summed E-state index contributed by atoms with van der Waals surface area (Å²) in [4.78, 5) is 10.2. The molecule has 0 aliphatic rings. The normalized spacial score (nSPS) is 10.1. The molecule has 12 heavy (non-hydrogen) atoms. The Morgan fingerprint density at radius 1 is 1.67 bits per heavy atom. The lowest BCUT2D eigenvalue weighted by Crippen LogP contribution is -1.96. The number of furan rings is 1. The maximum Gasteiger partial charge on any atom is 0.303 e. The summed E-state index contributed by atoms with van der Waals surface area (Å²) in [5, 5.41) is 8.40. The van der Waals surface area contributed by atoms with E-state index in [1.165, 1.54) is 0 Å². The second-order valence-corrected chi connectivity index (χ2v) is 2.67. The molecule has 0 aromatic carbocycles. The summed E-state index contributed by atoms with van der Waals surface area (Å²) >= 11 is 0. The molecular weight excluding hydrogens is 156 g/mol. The van der Waals surface area contributed by atoms with Crippen molar-refractivity contribution in [2.75, 3.05) is 0 Å². The minimum absolute atomic E-state index is 0.136. The van der Waals surface area contributed by atoms with E-state index >= 15 is 0 Å². The summed E-state index contributed by atoms with van der Waals surface area (Å²) in [6.45, 7) is 2.03. The molecule has 0 bridgehead atoms. The number of carboxylic acids is 1. The molecule has 66 valence electrons. The molecule has 1 N–H and O–H groups in total. The highest BCUT2D eigenvalue weighted by Gasteiger charge is 2.02. The number of carbonyl (C=O) groups is 1. The predicted octanol–water partition coefficient (Wildman–Crippen LogP) is 1.86. The third-order valence-corrected chi connectivity index (χ3v) is 1.70. The summed E-state index contributed by atoms with van der Waals surface area (Å²) in [6.07, 6.45) is 3.22. The van der Waals surface area contributed by atoms with Gasteiger partial charge in [-0.05, 0) is 18.1 Å². The lowest BCUT2D eigenvalue weighted by Gasteiger charge is -1.89. The van der Waals surface area contributed by atoms with Gasteiger partial charge in [0.25, 0.3) is 0 Å². The fourth-order valence-corrected chi connectivity index (χ4v) is 0.973. The summed E-state index contributed by atoms with van der Waals surface area (Å²) in [5.41, 5.74) is 1.12. The molecule has 0 amide bonds. The predicted molar refractivity (Wildman–Crippen MR) is 44.0 cm³/mol. The molecule has 0 atom stereocenters. The summed E-state index contributed by atoms with van der Waals surface area (Å²) in [7, 11) is 0. The van der Waals surface area contributed by atoms with Gasteiger partial charge in [0.2, 0.25) is 0 Å². The smallest absolute Gasteiger partial charge is 0.303 e. The fraction of sp³-hybridized carbons (Fsp3) is 0.444. The van der Waals surface area contributed by atoms with Crippen LogP contribution in [0.25, 0.3) is 0 Å². The number of aliphatic carboxylic acids is 1. The second kappa shape index (κ2) is 3.95.